The van der Waals surface area contributed by atoms with Crippen LogP contribution in [0.2, 0.25) is 0 Å². The molecular formula is C17H16N4O. The third-order valence-electron chi connectivity index (χ3n) is 4.26. The first-order chi connectivity index (χ1) is 10.8. The molecule has 110 valence electrons. The predicted molar refractivity (Wildman–Crippen MR) is 83.1 cm³/mol. The van der Waals surface area contributed by atoms with Crippen LogP contribution in [0.15, 0.2) is 48.9 Å². The van der Waals surface area contributed by atoms with Gasteiger partial charge in [0.25, 0.3) is 0 Å². The zero-order valence-corrected chi connectivity index (χ0v) is 12.1. The molecule has 0 aliphatic carbocycles. The second-order valence-electron chi connectivity index (χ2n) is 5.66. The molecule has 1 aromatic carbocycles. The summed E-state index contributed by atoms with van der Waals surface area (Å²) in [7, 11) is 0. The first kappa shape index (κ1) is 13.0. The third kappa shape index (κ3) is 2.24. The van der Waals surface area contributed by atoms with Crippen LogP contribution in [0.3, 0.4) is 0 Å². The minimum Gasteiger partial charge on any atom is -0.343 e. The number of likely N-dealkylation sites (tertiary alicyclic amines) is 1. The number of benzene rings is 1. The van der Waals surface area contributed by atoms with Gasteiger partial charge in [0, 0.05) is 37.2 Å². The molecule has 3 heterocycles. The molecule has 1 aliphatic rings. The number of aromatic nitrogens is 3. The Hall–Kier alpha value is -2.69. The largest absolute Gasteiger partial charge is 0.343 e. The van der Waals surface area contributed by atoms with Crippen molar-refractivity contribution in [2.24, 2.45) is 0 Å². The van der Waals surface area contributed by atoms with E-state index in [2.05, 4.69) is 27.1 Å². The summed E-state index contributed by atoms with van der Waals surface area (Å²) in [4.78, 5) is 25.7. The van der Waals surface area contributed by atoms with Crippen molar-refractivity contribution < 1.29 is 4.79 Å². The number of fused-ring (bicyclic) bond motifs is 1. The zero-order chi connectivity index (χ0) is 14.9. The quantitative estimate of drug-likeness (QED) is 0.806. The summed E-state index contributed by atoms with van der Waals surface area (Å²) in [6.45, 7) is 1.37. The molecule has 5 heteroatoms. The summed E-state index contributed by atoms with van der Waals surface area (Å²) in [6, 6.07) is 12.2. The molecule has 1 N–H and O–H groups in total. The number of nitrogens with one attached hydrogen (secondary N) is 1. The van der Waals surface area contributed by atoms with Crippen molar-refractivity contribution in [1.82, 2.24) is 19.9 Å². The molecule has 1 saturated heterocycles. The zero-order valence-electron chi connectivity index (χ0n) is 12.1. The molecule has 0 unspecified atom stereocenters. The molecule has 0 spiro atoms. The maximum atomic E-state index is 12.3. The lowest BCUT2D eigenvalue weighted by atomic mass is 9.99. The average Bonchev–Trinajstić information content (AvgIpc) is 3.16. The highest BCUT2D eigenvalue weighted by molar-refractivity contribution is 5.81. The van der Waals surface area contributed by atoms with E-state index >= 15 is 0 Å². The van der Waals surface area contributed by atoms with E-state index in [1.807, 2.05) is 29.2 Å². The van der Waals surface area contributed by atoms with Crippen LogP contribution in [0.5, 0.6) is 0 Å². The van der Waals surface area contributed by atoms with Gasteiger partial charge in [-0.1, -0.05) is 30.3 Å². The standard InChI is InChI=1S/C17H16N4O/c22-15-8-14(12-4-2-1-3-5-12)10-21(15)9-13-6-7-18-17-16(13)19-11-20-17/h1-7,11,14H,8-10H2,(H,18,19,20)/t14-/m0/s1. The van der Waals surface area contributed by atoms with Crippen LogP contribution >= 0.6 is 0 Å². The summed E-state index contributed by atoms with van der Waals surface area (Å²) in [5, 5.41) is 0. The Morgan fingerprint density at radius 3 is 2.91 bits per heavy atom. The number of hydrogen-bond donors (Lipinski definition) is 1. The van der Waals surface area contributed by atoms with Gasteiger partial charge in [0.1, 0.15) is 0 Å². The van der Waals surface area contributed by atoms with Crippen LogP contribution in [-0.2, 0) is 11.3 Å². The van der Waals surface area contributed by atoms with Gasteiger partial charge in [-0.3, -0.25) is 4.79 Å². The molecular weight excluding hydrogens is 276 g/mol. The number of aromatic amines is 1. The van der Waals surface area contributed by atoms with E-state index in [0.29, 0.717) is 18.6 Å². The van der Waals surface area contributed by atoms with Gasteiger partial charge in [-0.05, 0) is 11.6 Å². The smallest absolute Gasteiger partial charge is 0.223 e. The third-order valence-corrected chi connectivity index (χ3v) is 4.26. The number of H-pyrrole nitrogens is 1. The normalized spacial score (nSPS) is 18.3. The van der Waals surface area contributed by atoms with E-state index in [0.717, 1.165) is 17.6 Å². The second-order valence-corrected chi connectivity index (χ2v) is 5.66. The van der Waals surface area contributed by atoms with Crippen LogP contribution in [0.4, 0.5) is 0 Å². The highest BCUT2D eigenvalue weighted by Gasteiger charge is 2.30. The fourth-order valence-corrected chi connectivity index (χ4v) is 3.11. The fourth-order valence-electron chi connectivity index (χ4n) is 3.11. The van der Waals surface area contributed by atoms with Gasteiger partial charge in [-0.25, -0.2) is 9.97 Å². The molecule has 1 aliphatic heterocycles. The molecule has 0 radical (unpaired) electrons. The topological polar surface area (TPSA) is 61.9 Å². The Balaban J connectivity index is 1.56. The van der Waals surface area contributed by atoms with Gasteiger partial charge >= 0.3 is 0 Å². The van der Waals surface area contributed by atoms with Crippen molar-refractivity contribution in [2.75, 3.05) is 6.54 Å². The number of imidazole rings is 1. The van der Waals surface area contributed by atoms with E-state index in [-0.39, 0.29) is 11.8 Å². The minimum absolute atomic E-state index is 0.207. The summed E-state index contributed by atoms with van der Waals surface area (Å²) in [5.74, 6) is 0.492. The highest BCUT2D eigenvalue weighted by atomic mass is 16.2. The lowest BCUT2D eigenvalue weighted by Crippen LogP contribution is -2.24. The lowest BCUT2D eigenvalue weighted by molar-refractivity contribution is -0.128. The summed E-state index contributed by atoms with van der Waals surface area (Å²) in [6.07, 6.45) is 3.97. The number of rotatable bonds is 3. The molecule has 22 heavy (non-hydrogen) atoms. The SMILES string of the molecule is O=C1C[C@H](c2ccccc2)CN1Cc1ccnc2nc[nH]c12. The Bertz CT molecular complexity index is 812. The van der Waals surface area contributed by atoms with Gasteiger partial charge in [0.15, 0.2) is 5.65 Å². The molecule has 2 aromatic heterocycles. The molecule has 4 rings (SSSR count). The van der Waals surface area contributed by atoms with Gasteiger partial charge in [0.2, 0.25) is 5.91 Å². The van der Waals surface area contributed by atoms with Crippen molar-refractivity contribution in [3.63, 3.8) is 0 Å². The summed E-state index contributed by atoms with van der Waals surface area (Å²) >= 11 is 0. The Morgan fingerprint density at radius 2 is 2.05 bits per heavy atom. The Morgan fingerprint density at radius 1 is 1.18 bits per heavy atom. The second kappa shape index (κ2) is 5.26. The van der Waals surface area contributed by atoms with Crippen LogP contribution < -0.4 is 0 Å². The van der Waals surface area contributed by atoms with Crippen molar-refractivity contribution in [2.45, 2.75) is 18.9 Å². The van der Waals surface area contributed by atoms with E-state index in [1.54, 1.807) is 12.5 Å². The van der Waals surface area contributed by atoms with Crippen LogP contribution in [-0.4, -0.2) is 32.3 Å². The highest BCUT2D eigenvalue weighted by Crippen LogP contribution is 2.29. The molecule has 1 atom stereocenters. The Kier molecular flexibility index (Phi) is 3.11. The van der Waals surface area contributed by atoms with Crippen molar-refractivity contribution in [3.8, 4) is 0 Å². The van der Waals surface area contributed by atoms with Crippen LogP contribution in [0.25, 0.3) is 11.2 Å². The van der Waals surface area contributed by atoms with E-state index in [1.165, 1.54) is 5.56 Å². The molecule has 1 fully saturated rings. The number of amides is 1. The monoisotopic (exact) mass is 292 g/mol. The number of carbonyl (C=O) groups is 1. The lowest BCUT2D eigenvalue weighted by Gasteiger charge is -2.17. The van der Waals surface area contributed by atoms with Crippen LogP contribution in [0, 0.1) is 0 Å². The van der Waals surface area contributed by atoms with Gasteiger partial charge in [-0.2, -0.15) is 0 Å². The molecule has 1 amide bonds. The molecule has 0 bridgehead atoms. The van der Waals surface area contributed by atoms with Crippen molar-refractivity contribution in [3.05, 3.63) is 60.0 Å². The molecule has 3 aromatic rings. The van der Waals surface area contributed by atoms with E-state index < -0.39 is 0 Å². The van der Waals surface area contributed by atoms with E-state index in [4.69, 9.17) is 0 Å². The van der Waals surface area contributed by atoms with Crippen molar-refractivity contribution in [1.29, 1.82) is 0 Å². The maximum absolute atomic E-state index is 12.3. The van der Waals surface area contributed by atoms with E-state index in [9.17, 15) is 4.79 Å². The first-order valence-corrected chi connectivity index (χ1v) is 7.41. The number of nitrogens with zero attached hydrogens (tertiary/aromatic N) is 3. The fraction of sp³-hybridized carbons (Fsp3) is 0.235. The number of carbonyl (C=O) groups excluding carboxylic acids is 1. The van der Waals surface area contributed by atoms with Gasteiger partial charge in [-0.15, -0.1) is 0 Å². The number of pyridine rings is 1. The van der Waals surface area contributed by atoms with Crippen LogP contribution in [0.1, 0.15) is 23.5 Å². The molecule has 5 nitrogen and oxygen atoms in total. The first-order valence-electron chi connectivity index (χ1n) is 7.41. The number of hydrogen-bond acceptors (Lipinski definition) is 3. The van der Waals surface area contributed by atoms with Gasteiger partial charge < -0.3 is 9.88 Å². The Labute approximate surface area is 128 Å². The predicted octanol–water partition coefficient (Wildman–Crippen LogP) is 2.47. The van der Waals surface area contributed by atoms with Crippen molar-refractivity contribution >= 4 is 17.1 Å². The minimum atomic E-state index is 0.207. The average molecular weight is 292 g/mol. The summed E-state index contributed by atoms with van der Waals surface area (Å²) in [5.41, 5.74) is 3.91. The maximum Gasteiger partial charge on any atom is 0.223 e. The summed E-state index contributed by atoms with van der Waals surface area (Å²) < 4.78 is 0. The van der Waals surface area contributed by atoms with Gasteiger partial charge in [0.05, 0.1) is 11.8 Å². The molecule has 0 saturated carbocycles.